The summed E-state index contributed by atoms with van der Waals surface area (Å²) in [6.07, 6.45) is 0. The molecule has 1 heterocycles. The molecule has 3 rings (SSSR count). The number of hydrogen-bond acceptors (Lipinski definition) is 5. The highest BCUT2D eigenvalue weighted by atomic mass is 35.5. The van der Waals surface area contributed by atoms with Crippen LogP contribution in [0.2, 0.25) is 5.02 Å². The molecule has 7 heteroatoms. The predicted molar refractivity (Wildman–Crippen MR) is 94.8 cm³/mol. The zero-order chi connectivity index (χ0) is 16.9. The summed E-state index contributed by atoms with van der Waals surface area (Å²) in [5.74, 6) is 0.124. The Labute approximate surface area is 148 Å². The first-order chi connectivity index (χ1) is 11.6. The Morgan fingerprint density at radius 1 is 1.21 bits per heavy atom. The lowest BCUT2D eigenvalue weighted by Crippen LogP contribution is -2.13. The monoisotopic (exact) mass is 359 g/mol. The van der Waals surface area contributed by atoms with E-state index in [0.717, 1.165) is 10.6 Å². The van der Waals surface area contributed by atoms with E-state index in [1.807, 2.05) is 37.3 Å². The van der Waals surface area contributed by atoms with E-state index in [0.29, 0.717) is 28.1 Å². The van der Waals surface area contributed by atoms with Gasteiger partial charge in [0, 0.05) is 5.02 Å². The van der Waals surface area contributed by atoms with Gasteiger partial charge in [0.05, 0.1) is 5.56 Å². The maximum Gasteiger partial charge on any atom is 0.261 e. The molecule has 0 spiro atoms. The van der Waals surface area contributed by atoms with Crippen LogP contribution in [0.15, 0.2) is 48.5 Å². The highest BCUT2D eigenvalue weighted by Crippen LogP contribution is 2.25. The molecule has 1 N–H and O–H groups in total. The third kappa shape index (κ3) is 4.10. The van der Waals surface area contributed by atoms with E-state index in [-0.39, 0.29) is 5.91 Å². The Bertz CT molecular complexity index is 852. The number of nitrogens with one attached hydrogen (secondary N) is 1. The number of aromatic nitrogens is 2. The van der Waals surface area contributed by atoms with Crippen molar-refractivity contribution >= 4 is 34.0 Å². The van der Waals surface area contributed by atoms with E-state index in [1.165, 1.54) is 11.3 Å². The maximum absolute atomic E-state index is 12.5. The lowest BCUT2D eigenvalue weighted by atomic mass is 10.2. The van der Waals surface area contributed by atoms with E-state index < -0.39 is 0 Å². The van der Waals surface area contributed by atoms with Gasteiger partial charge in [-0.2, -0.15) is 0 Å². The molecular formula is C17H14ClN3O2S. The van der Waals surface area contributed by atoms with Crippen LogP contribution in [0.25, 0.3) is 0 Å². The largest absolute Gasteiger partial charge is 0.488 e. The molecule has 0 saturated heterocycles. The Balaban J connectivity index is 1.78. The first-order valence-corrected chi connectivity index (χ1v) is 8.39. The van der Waals surface area contributed by atoms with Crippen LogP contribution in [0.4, 0.5) is 5.13 Å². The SMILES string of the molecule is Cc1nnc(NC(=O)c2cc(Cl)ccc2OCc2ccccc2)s1. The number of aryl methyl sites for hydroxylation is 1. The highest BCUT2D eigenvalue weighted by molar-refractivity contribution is 7.15. The standard InChI is InChI=1S/C17H14ClN3O2S/c1-11-20-21-17(24-11)19-16(22)14-9-13(18)7-8-15(14)23-10-12-5-3-2-4-6-12/h2-9H,10H2,1H3,(H,19,21,22). The van der Waals surface area contributed by atoms with Crippen molar-refractivity contribution in [1.82, 2.24) is 10.2 Å². The summed E-state index contributed by atoms with van der Waals surface area (Å²) >= 11 is 7.33. The molecule has 0 aliphatic heterocycles. The third-order valence-corrected chi connectivity index (χ3v) is 4.16. The summed E-state index contributed by atoms with van der Waals surface area (Å²) in [6.45, 7) is 2.18. The van der Waals surface area contributed by atoms with E-state index in [4.69, 9.17) is 16.3 Å². The van der Waals surface area contributed by atoms with Crippen molar-refractivity contribution < 1.29 is 9.53 Å². The average molecular weight is 360 g/mol. The van der Waals surface area contributed by atoms with Gasteiger partial charge in [-0.05, 0) is 30.7 Å². The van der Waals surface area contributed by atoms with Crippen molar-refractivity contribution in [1.29, 1.82) is 0 Å². The molecule has 0 unspecified atom stereocenters. The predicted octanol–water partition coefficient (Wildman–Crippen LogP) is 4.33. The molecule has 0 aliphatic carbocycles. The van der Waals surface area contributed by atoms with Gasteiger partial charge in [0.1, 0.15) is 17.4 Å². The Morgan fingerprint density at radius 2 is 2.00 bits per heavy atom. The minimum absolute atomic E-state index is 0.336. The van der Waals surface area contributed by atoms with E-state index in [9.17, 15) is 4.79 Å². The summed E-state index contributed by atoms with van der Waals surface area (Å²) < 4.78 is 5.79. The van der Waals surface area contributed by atoms with Crippen molar-refractivity contribution in [2.24, 2.45) is 0 Å². The molecule has 1 aromatic heterocycles. The van der Waals surface area contributed by atoms with Gasteiger partial charge in [-0.3, -0.25) is 10.1 Å². The number of amides is 1. The molecule has 1 amide bonds. The Morgan fingerprint density at radius 3 is 2.71 bits per heavy atom. The molecule has 5 nitrogen and oxygen atoms in total. The molecule has 0 saturated carbocycles. The topological polar surface area (TPSA) is 64.1 Å². The Hall–Kier alpha value is -2.44. The van der Waals surface area contributed by atoms with Crippen molar-refractivity contribution in [3.63, 3.8) is 0 Å². The molecule has 0 radical (unpaired) electrons. The summed E-state index contributed by atoms with van der Waals surface area (Å²) in [5, 5.41) is 12.1. The van der Waals surface area contributed by atoms with Crippen LogP contribution in [-0.2, 0) is 6.61 Å². The van der Waals surface area contributed by atoms with Crippen molar-refractivity contribution in [2.45, 2.75) is 13.5 Å². The molecule has 0 atom stereocenters. The molecule has 122 valence electrons. The molecular weight excluding hydrogens is 346 g/mol. The molecule has 24 heavy (non-hydrogen) atoms. The van der Waals surface area contributed by atoms with Crippen molar-refractivity contribution in [2.75, 3.05) is 5.32 Å². The quantitative estimate of drug-likeness (QED) is 0.736. The van der Waals surface area contributed by atoms with Crippen LogP contribution in [0, 0.1) is 6.92 Å². The van der Waals surface area contributed by atoms with E-state index >= 15 is 0 Å². The van der Waals surface area contributed by atoms with Crippen LogP contribution in [0.1, 0.15) is 20.9 Å². The number of nitrogens with zero attached hydrogens (tertiary/aromatic N) is 2. The molecule has 0 bridgehead atoms. The first-order valence-electron chi connectivity index (χ1n) is 7.19. The van der Waals surface area contributed by atoms with Gasteiger partial charge in [-0.25, -0.2) is 0 Å². The number of anilines is 1. The van der Waals surface area contributed by atoms with Gasteiger partial charge < -0.3 is 4.74 Å². The number of ether oxygens (including phenoxy) is 1. The second kappa shape index (κ2) is 7.42. The Kier molecular flexibility index (Phi) is 5.08. The smallest absolute Gasteiger partial charge is 0.261 e. The highest BCUT2D eigenvalue weighted by Gasteiger charge is 2.15. The number of carbonyl (C=O) groups is 1. The normalized spacial score (nSPS) is 10.4. The number of benzene rings is 2. The van der Waals surface area contributed by atoms with Gasteiger partial charge in [0.2, 0.25) is 5.13 Å². The average Bonchev–Trinajstić information content (AvgIpc) is 2.99. The maximum atomic E-state index is 12.5. The van der Waals surface area contributed by atoms with Gasteiger partial charge in [0.25, 0.3) is 5.91 Å². The van der Waals surface area contributed by atoms with E-state index in [1.54, 1.807) is 18.2 Å². The van der Waals surface area contributed by atoms with Crippen LogP contribution < -0.4 is 10.1 Å². The number of halogens is 1. The van der Waals surface area contributed by atoms with Crippen LogP contribution in [-0.4, -0.2) is 16.1 Å². The number of rotatable bonds is 5. The zero-order valence-electron chi connectivity index (χ0n) is 12.8. The summed E-state index contributed by atoms with van der Waals surface area (Å²) in [4.78, 5) is 12.5. The summed E-state index contributed by atoms with van der Waals surface area (Å²) in [7, 11) is 0. The molecule has 2 aromatic carbocycles. The molecule has 3 aromatic rings. The van der Waals surface area contributed by atoms with Gasteiger partial charge in [-0.15, -0.1) is 10.2 Å². The third-order valence-electron chi connectivity index (χ3n) is 3.17. The zero-order valence-corrected chi connectivity index (χ0v) is 14.4. The van der Waals surface area contributed by atoms with Gasteiger partial charge in [0.15, 0.2) is 0 Å². The van der Waals surface area contributed by atoms with Gasteiger partial charge in [-0.1, -0.05) is 53.3 Å². The number of hydrogen-bond donors (Lipinski definition) is 1. The second-order valence-corrected chi connectivity index (χ2v) is 6.61. The first kappa shape index (κ1) is 16.4. The van der Waals surface area contributed by atoms with Gasteiger partial charge >= 0.3 is 0 Å². The van der Waals surface area contributed by atoms with Crippen molar-refractivity contribution in [3.8, 4) is 5.75 Å². The van der Waals surface area contributed by atoms with Crippen molar-refractivity contribution in [3.05, 3.63) is 69.7 Å². The lowest BCUT2D eigenvalue weighted by molar-refractivity contribution is 0.102. The fourth-order valence-corrected chi connectivity index (χ4v) is 2.81. The van der Waals surface area contributed by atoms with Crippen LogP contribution in [0.5, 0.6) is 5.75 Å². The van der Waals surface area contributed by atoms with Crippen LogP contribution in [0.3, 0.4) is 0 Å². The van der Waals surface area contributed by atoms with E-state index in [2.05, 4.69) is 15.5 Å². The lowest BCUT2D eigenvalue weighted by Gasteiger charge is -2.11. The molecule has 0 fully saturated rings. The molecule has 0 aliphatic rings. The minimum Gasteiger partial charge on any atom is -0.488 e. The number of carbonyl (C=O) groups excluding carboxylic acids is 1. The fraction of sp³-hybridized carbons (Fsp3) is 0.118. The fourth-order valence-electron chi connectivity index (χ4n) is 2.05. The summed E-state index contributed by atoms with van der Waals surface area (Å²) in [5.41, 5.74) is 1.37. The summed E-state index contributed by atoms with van der Waals surface area (Å²) in [6, 6.07) is 14.7. The minimum atomic E-state index is -0.336. The second-order valence-electron chi connectivity index (χ2n) is 5.00. The van der Waals surface area contributed by atoms with Crippen LogP contribution >= 0.6 is 22.9 Å².